The molecule has 0 atom stereocenters. The summed E-state index contributed by atoms with van der Waals surface area (Å²) in [5.74, 6) is -0.542. The predicted molar refractivity (Wildman–Crippen MR) is 140 cm³/mol. The Hall–Kier alpha value is -4.04. The Bertz CT molecular complexity index is 1300. The second-order valence-electron chi connectivity index (χ2n) is 7.38. The number of nitrogens with one attached hydrogen (secondary N) is 1. The highest BCUT2D eigenvalue weighted by molar-refractivity contribution is 6.35. The molecule has 0 aliphatic rings. The molecular formula is C28H19Cl2N3O. The van der Waals surface area contributed by atoms with E-state index in [1.165, 1.54) is 0 Å². The number of para-hydroxylation sites is 2. The fourth-order valence-electron chi connectivity index (χ4n) is 3.46. The highest BCUT2D eigenvalue weighted by atomic mass is 35.5. The van der Waals surface area contributed by atoms with Gasteiger partial charge in [-0.15, -0.1) is 0 Å². The molecule has 0 heterocycles. The first kappa shape index (κ1) is 23.1. The van der Waals surface area contributed by atoms with Crippen LogP contribution in [0, 0.1) is 11.3 Å². The summed E-state index contributed by atoms with van der Waals surface area (Å²) in [7, 11) is 0. The number of carbonyl (C=O) groups is 1. The number of halogens is 2. The minimum absolute atomic E-state index is 0.0353. The molecule has 0 spiro atoms. The summed E-state index contributed by atoms with van der Waals surface area (Å²) in [6.45, 7) is 0. The van der Waals surface area contributed by atoms with E-state index in [1.807, 2.05) is 91.0 Å². The molecule has 0 aromatic heterocycles. The molecule has 0 aliphatic carbocycles. The average Bonchev–Trinajstić information content (AvgIpc) is 2.84. The molecule has 0 bridgehead atoms. The molecule has 0 aliphatic heterocycles. The van der Waals surface area contributed by atoms with Gasteiger partial charge in [0, 0.05) is 32.8 Å². The lowest BCUT2D eigenvalue weighted by Gasteiger charge is -2.25. The van der Waals surface area contributed by atoms with Gasteiger partial charge in [-0.2, -0.15) is 5.26 Å². The first-order chi connectivity index (χ1) is 16.5. The molecule has 0 radical (unpaired) electrons. The molecule has 1 N–H and O–H groups in total. The molecule has 0 unspecified atom stereocenters. The van der Waals surface area contributed by atoms with E-state index in [0.29, 0.717) is 15.7 Å². The molecule has 34 heavy (non-hydrogen) atoms. The van der Waals surface area contributed by atoms with Crippen LogP contribution in [0.25, 0.3) is 6.08 Å². The maximum Gasteiger partial charge on any atom is 0.266 e. The zero-order chi connectivity index (χ0) is 23.9. The van der Waals surface area contributed by atoms with E-state index in [2.05, 4.69) is 10.2 Å². The number of nitrogens with zero attached hydrogens (tertiary/aromatic N) is 2. The van der Waals surface area contributed by atoms with Crippen molar-refractivity contribution in [2.45, 2.75) is 0 Å². The SMILES string of the molecule is N#CC(=Cc1ccc(N(c2ccccc2)c2ccccc2)cc1)C(=O)Nc1cc(Cl)cc(Cl)c1. The highest BCUT2D eigenvalue weighted by Crippen LogP contribution is 2.34. The lowest BCUT2D eigenvalue weighted by atomic mass is 10.1. The van der Waals surface area contributed by atoms with Gasteiger partial charge in [0.15, 0.2) is 0 Å². The third kappa shape index (κ3) is 5.65. The third-order valence-corrected chi connectivity index (χ3v) is 5.41. The minimum atomic E-state index is -0.542. The van der Waals surface area contributed by atoms with E-state index in [4.69, 9.17) is 23.2 Å². The Morgan fingerprint density at radius 3 is 1.76 bits per heavy atom. The van der Waals surface area contributed by atoms with Crippen LogP contribution in [0.1, 0.15) is 5.56 Å². The second-order valence-corrected chi connectivity index (χ2v) is 8.25. The molecule has 6 heteroatoms. The van der Waals surface area contributed by atoms with Crippen LogP contribution < -0.4 is 10.2 Å². The van der Waals surface area contributed by atoms with Gasteiger partial charge in [-0.3, -0.25) is 4.79 Å². The van der Waals surface area contributed by atoms with Crippen LogP contribution in [-0.2, 0) is 4.79 Å². The van der Waals surface area contributed by atoms with Gasteiger partial charge in [0.1, 0.15) is 11.6 Å². The molecule has 0 saturated heterocycles. The summed E-state index contributed by atoms with van der Waals surface area (Å²) in [6, 6.07) is 34.4. The maximum atomic E-state index is 12.6. The lowest BCUT2D eigenvalue weighted by Crippen LogP contribution is -2.13. The molecule has 1 amide bonds. The number of anilines is 4. The Balaban J connectivity index is 1.60. The van der Waals surface area contributed by atoms with Crippen molar-refractivity contribution in [1.82, 2.24) is 0 Å². The van der Waals surface area contributed by atoms with Gasteiger partial charge >= 0.3 is 0 Å². The maximum absolute atomic E-state index is 12.6. The average molecular weight is 484 g/mol. The molecule has 0 fully saturated rings. The van der Waals surface area contributed by atoms with Crippen LogP contribution in [0.3, 0.4) is 0 Å². The van der Waals surface area contributed by atoms with Crippen LogP contribution in [0.4, 0.5) is 22.7 Å². The number of rotatable bonds is 6. The van der Waals surface area contributed by atoms with E-state index >= 15 is 0 Å². The smallest absolute Gasteiger partial charge is 0.266 e. The van der Waals surface area contributed by atoms with Gasteiger partial charge in [0.05, 0.1) is 0 Å². The van der Waals surface area contributed by atoms with Crippen LogP contribution in [0.5, 0.6) is 0 Å². The fraction of sp³-hybridized carbons (Fsp3) is 0. The third-order valence-electron chi connectivity index (χ3n) is 4.98. The number of hydrogen-bond acceptors (Lipinski definition) is 3. The number of nitriles is 1. The molecule has 166 valence electrons. The Labute approximate surface area is 208 Å². The monoisotopic (exact) mass is 483 g/mol. The van der Waals surface area contributed by atoms with Crippen molar-refractivity contribution < 1.29 is 4.79 Å². The van der Waals surface area contributed by atoms with Crippen molar-refractivity contribution in [2.24, 2.45) is 0 Å². The first-order valence-corrected chi connectivity index (χ1v) is 11.2. The summed E-state index contributed by atoms with van der Waals surface area (Å²) < 4.78 is 0. The first-order valence-electron chi connectivity index (χ1n) is 10.4. The molecule has 4 nitrogen and oxygen atoms in total. The number of hydrogen-bond donors (Lipinski definition) is 1. The zero-order valence-corrected chi connectivity index (χ0v) is 19.5. The molecule has 0 saturated carbocycles. The van der Waals surface area contributed by atoms with Gasteiger partial charge in [-0.1, -0.05) is 71.7 Å². The number of carbonyl (C=O) groups excluding carboxylic acids is 1. The minimum Gasteiger partial charge on any atom is -0.321 e. The lowest BCUT2D eigenvalue weighted by molar-refractivity contribution is -0.112. The topological polar surface area (TPSA) is 56.1 Å². The summed E-state index contributed by atoms with van der Waals surface area (Å²) in [6.07, 6.45) is 1.54. The molecular weight excluding hydrogens is 465 g/mol. The van der Waals surface area contributed by atoms with Crippen molar-refractivity contribution in [3.63, 3.8) is 0 Å². The largest absolute Gasteiger partial charge is 0.321 e. The van der Waals surface area contributed by atoms with Crippen molar-refractivity contribution in [2.75, 3.05) is 10.2 Å². The van der Waals surface area contributed by atoms with Gasteiger partial charge in [-0.25, -0.2) is 0 Å². The van der Waals surface area contributed by atoms with Gasteiger partial charge in [0.25, 0.3) is 5.91 Å². The van der Waals surface area contributed by atoms with Gasteiger partial charge in [-0.05, 0) is 66.2 Å². The number of benzene rings is 4. The molecule has 4 rings (SSSR count). The van der Waals surface area contributed by atoms with E-state index in [-0.39, 0.29) is 5.57 Å². The standard InChI is InChI=1S/C28H19Cl2N3O/c29-22-16-23(30)18-24(17-22)32-28(34)21(19-31)15-20-11-13-27(14-12-20)33(25-7-3-1-4-8-25)26-9-5-2-6-10-26/h1-18H,(H,32,34). The van der Waals surface area contributed by atoms with Crippen molar-refractivity contribution in [1.29, 1.82) is 5.26 Å². The van der Waals surface area contributed by atoms with Crippen molar-refractivity contribution >= 4 is 57.9 Å². The van der Waals surface area contributed by atoms with E-state index in [9.17, 15) is 10.1 Å². The second kappa shape index (κ2) is 10.7. The van der Waals surface area contributed by atoms with Crippen molar-refractivity contribution in [3.05, 3.63) is 124 Å². The Morgan fingerprint density at radius 1 is 0.765 bits per heavy atom. The van der Waals surface area contributed by atoms with E-state index in [1.54, 1.807) is 24.3 Å². The van der Waals surface area contributed by atoms with Gasteiger partial charge < -0.3 is 10.2 Å². The molecule has 4 aromatic rings. The van der Waals surface area contributed by atoms with Crippen LogP contribution >= 0.6 is 23.2 Å². The highest BCUT2D eigenvalue weighted by Gasteiger charge is 2.13. The Kier molecular flexibility index (Phi) is 7.29. The zero-order valence-electron chi connectivity index (χ0n) is 18.0. The summed E-state index contributed by atoms with van der Waals surface area (Å²) in [5, 5.41) is 13.0. The quantitative estimate of drug-likeness (QED) is 0.223. The molecule has 4 aromatic carbocycles. The van der Waals surface area contributed by atoms with Crippen LogP contribution in [-0.4, -0.2) is 5.91 Å². The van der Waals surface area contributed by atoms with Crippen molar-refractivity contribution in [3.8, 4) is 6.07 Å². The van der Waals surface area contributed by atoms with E-state index < -0.39 is 5.91 Å². The summed E-state index contributed by atoms with van der Waals surface area (Å²) >= 11 is 12.0. The summed E-state index contributed by atoms with van der Waals surface area (Å²) in [4.78, 5) is 14.8. The fourth-order valence-corrected chi connectivity index (χ4v) is 3.99. The summed E-state index contributed by atoms with van der Waals surface area (Å²) in [5.41, 5.74) is 4.10. The normalized spacial score (nSPS) is 10.9. The van der Waals surface area contributed by atoms with Crippen LogP contribution in [0.15, 0.2) is 109 Å². The van der Waals surface area contributed by atoms with Crippen LogP contribution in [0.2, 0.25) is 10.0 Å². The van der Waals surface area contributed by atoms with Gasteiger partial charge in [0.2, 0.25) is 0 Å². The van der Waals surface area contributed by atoms with E-state index in [0.717, 1.165) is 22.6 Å². The predicted octanol–water partition coefficient (Wildman–Crippen LogP) is 8.01. The number of amides is 1. The Morgan fingerprint density at radius 2 is 1.26 bits per heavy atom.